The van der Waals surface area contributed by atoms with Gasteiger partial charge in [-0.1, -0.05) is 22.6 Å². The van der Waals surface area contributed by atoms with E-state index in [9.17, 15) is 0 Å². The van der Waals surface area contributed by atoms with Crippen molar-refractivity contribution in [1.29, 1.82) is 0 Å². The molecule has 2 fully saturated rings. The van der Waals surface area contributed by atoms with Crippen LogP contribution in [0.2, 0.25) is 0 Å². The molecular weight excluding hydrogens is 291 g/mol. The highest BCUT2D eigenvalue weighted by molar-refractivity contribution is 14.1. The predicted molar refractivity (Wildman–Crippen MR) is 65.0 cm³/mol. The summed E-state index contributed by atoms with van der Waals surface area (Å²) in [6.07, 6.45) is 5.15. The second-order valence-electron chi connectivity index (χ2n) is 4.85. The Hall–Kier alpha value is 0.650. The molecule has 1 spiro atoms. The Kier molecular flexibility index (Phi) is 3.11. The number of rotatable bonds is 3. The van der Waals surface area contributed by atoms with Crippen molar-refractivity contribution in [3.63, 3.8) is 0 Å². The summed E-state index contributed by atoms with van der Waals surface area (Å²) in [4.78, 5) is 0. The fourth-order valence-corrected chi connectivity index (χ4v) is 3.16. The van der Waals surface area contributed by atoms with E-state index in [4.69, 9.17) is 9.47 Å². The molecule has 1 aliphatic carbocycles. The molecule has 1 aliphatic heterocycles. The topological polar surface area (TPSA) is 18.5 Å². The molecule has 0 amide bonds. The van der Waals surface area contributed by atoms with Crippen LogP contribution in [-0.4, -0.2) is 28.3 Å². The van der Waals surface area contributed by atoms with E-state index in [1.54, 1.807) is 0 Å². The van der Waals surface area contributed by atoms with Gasteiger partial charge in [-0.05, 0) is 26.7 Å². The molecule has 3 heteroatoms. The molecule has 2 aliphatic rings. The lowest BCUT2D eigenvalue weighted by Gasteiger charge is -2.45. The maximum absolute atomic E-state index is 6.21. The third-order valence-electron chi connectivity index (χ3n) is 3.46. The lowest BCUT2D eigenvalue weighted by atomic mass is 9.75. The van der Waals surface area contributed by atoms with Crippen LogP contribution in [-0.2, 0) is 9.47 Å². The van der Waals surface area contributed by atoms with E-state index in [1.807, 2.05) is 0 Å². The predicted octanol–water partition coefficient (Wildman–Crippen LogP) is 2.93. The van der Waals surface area contributed by atoms with E-state index in [-0.39, 0.29) is 11.2 Å². The van der Waals surface area contributed by atoms with Gasteiger partial charge in [0.2, 0.25) is 0 Å². The number of hydrogen-bond acceptors (Lipinski definition) is 2. The van der Waals surface area contributed by atoms with Crippen molar-refractivity contribution < 1.29 is 9.47 Å². The average molecular weight is 310 g/mol. The van der Waals surface area contributed by atoms with Gasteiger partial charge in [0.1, 0.15) is 0 Å². The molecule has 0 aromatic heterocycles. The van der Waals surface area contributed by atoms with Crippen LogP contribution in [0.5, 0.6) is 0 Å². The lowest BCUT2D eigenvalue weighted by Crippen LogP contribution is -2.49. The van der Waals surface area contributed by atoms with Gasteiger partial charge in [0, 0.05) is 23.9 Å². The number of hydrogen-bond donors (Lipinski definition) is 0. The van der Waals surface area contributed by atoms with Gasteiger partial charge in [0.25, 0.3) is 0 Å². The first-order valence-electron chi connectivity index (χ1n) is 5.49. The summed E-state index contributed by atoms with van der Waals surface area (Å²) in [5.41, 5.74) is 0.331. The summed E-state index contributed by atoms with van der Waals surface area (Å²) in [5.74, 6) is 0. The van der Waals surface area contributed by atoms with Gasteiger partial charge in [-0.25, -0.2) is 0 Å². The first kappa shape index (κ1) is 11.1. The van der Waals surface area contributed by atoms with Gasteiger partial charge < -0.3 is 9.47 Å². The molecule has 14 heavy (non-hydrogen) atoms. The SMILES string of the molecule is CCOC1CC2(CCC(C)(CI)O2)C1. The van der Waals surface area contributed by atoms with Crippen molar-refractivity contribution in [1.82, 2.24) is 0 Å². The Bertz CT molecular complexity index is 213. The van der Waals surface area contributed by atoms with Crippen LogP contribution in [0.3, 0.4) is 0 Å². The molecule has 2 rings (SSSR count). The fourth-order valence-electron chi connectivity index (χ4n) is 2.62. The zero-order valence-electron chi connectivity index (χ0n) is 9.01. The van der Waals surface area contributed by atoms with Gasteiger partial charge in [-0.2, -0.15) is 0 Å². The molecule has 1 unspecified atom stereocenters. The summed E-state index contributed by atoms with van der Waals surface area (Å²) in [6.45, 7) is 5.14. The van der Waals surface area contributed by atoms with Gasteiger partial charge >= 0.3 is 0 Å². The van der Waals surface area contributed by atoms with Gasteiger partial charge in [0.05, 0.1) is 17.3 Å². The smallest absolute Gasteiger partial charge is 0.0752 e. The molecule has 2 nitrogen and oxygen atoms in total. The molecule has 0 aromatic carbocycles. The van der Waals surface area contributed by atoms with Crippen LogP contribution in [0.15, 0.2) is 0 Å². The molecule has 0 radical (unpaired) electrons. The molecule has 82 valence electrons. The highest BCUT2D eigenvalue weighted by Gasteiger charge is 2.54. The minimum atomic E-state index is 0.137. The molecular formula is C11H19IO2. The molecule has 0 aromatic rings. The van der Waals surface area contributed by atoms with Crippen LogP contribution in [0.1, 0.15) is 39.5 Å². The van der Waals surface area contributed by atoms with Crippen LogP contribution in [0.4, 0.5) is 0 Å². The molecule has 0 bridgehead atoms. The first-order chi connectivity index (χ1) is 6.61. The summed E-state index contributed by atoms with van der Waals surface area (Å²) < 4.78 is 12.9. The van der Waals surface area contributed by atoms with Crippen molar-refractivity contribution in [2.24, 2.45) is 0 Å². The summed E-state index contributed by atoms with van der Waals surface area (Å²) in [6, 6.07) is 0. The Morgan fingerprint density at radius 1 is 1.43 bits per heavy atom. The summed E-state index contributed by atoms with van der Waals surface area (Å²) in [5, 5.41) is 0. The van der Waals surface area contributed by atoms with Gasteiger partial charge in [-0.3, -0.25) is 0 Å². The largest absolute Gasteiger partial charge is 0.378 e. The minimum Gasteiger partial charge on any atom is -0.378 e. The fraction of sp³-hybridized carbons (Fsp3) is 1.00. The number of halogens is 1. The minimum absolute atomic E-state index is 0.137. The molecule has 0 N–H and O–H groups in total. The molecule has 1 saturated heterocycles. The van der Waals surface area contributed by atoms with Crippen LogP contribution in [0, 0.1) is 0 Å². The Balaban J connectivity index is 1.85. The van der Waals surface area contributed by atoms with Crippen LogP contribution < -0.4 is 0 Å². The number of ether oxygens (including phenoxy) is 2. The summed E-state index contributed by atoms with van der Waals surface area (Å²) in [7, 11) is 0. The number of alkyl halides is 1. The van der Waals surface area contributed by atoms with Crippen LogP contribution >= 0.6 is 22.6 Å². The quantitative estimate of drug-likeness (QED) is 0.589. The zero-order chi connectivity index (χ0) is 10.2. The Morgan fingerprint density at radius 2 is 2.14 bits per heavy atom. The molecule has 1 atom stereocenters. The highest BCUT2D eigenvalue weighted by Crippen LogP contribution is 2.50. The highest BCUT2D eigenvalue weighted by atomic mass is 127. The second-order valence-corrected chi connectivity index (χ2v) is 5.62. The van der Waals surface area contributed by atoms with E-state index in [1.165, 1.54) is 12.8 Å². The van der Waals surface area contributed by atoms with Crippen molar-refractivity contribution in [3.05, 3.63) is 0 Å². The van der Waals surface area contributed by atoms with E-state index < -0.39 is 0 Å². The van der Waals surface area contributed by atoms with Crippen molar-refractivity contribution in [2.75, 3.05) is 11.0 Å². The monoisotopic (exact) mass is 310 g/mol. The maximum atomic E-state index is 6.21. The first-order valence-corrected chi connectivity index (χ1v) is 7.02. The van der Waals surface area contributed by atoms with Crippen LogP contribution in [0.25, 0.3) is 0 Å². The molecule has 1 heterocycles. The van der Waals surface area contributed by atoms with E-state index >= 15 is 0 Å². The van der Waals surface area contributed by atoms with Crippen molar-refractivity contribution in [2.45, 2.75) is 56.8 Å². The van der Waals surface area contributed by atoms with Gasteiger partial charge in [-0.15, -0.1) is 0 Å². The third-order valence-corrected chi connectivity index (χ3v) is 5.07. The second kappa shape index (κ2) is 3.91. The normalized spacial score (nSPS) is 46.9. The van der Waals surface area contributed by atoms with E-state index in [0.717, 1.165) is 23.9 Å². The summed E-state index contributed by atoms with van der Waals surface area (Å²) >= 11 is 2.43. The third kappa shape index (κ3) is 1.95. The average Bonchev–Trinajstić information content (AvgIpc) is 2.45. The molecule has 1 saturated carbocycles. The van der Waals surface area contributed by atoms with Gasteiger partial charge in [0.15, 0.2) is 0 Å². The Labute approximate surface area is 99.9 Å². The maximum Gasteiger partial charge on any atom is 0.0752 e. The standard InChI is InChI=1S/C11H19IO2/c1-3-13-9-6-11(7-9)5-4-10(2,8-12)14-11/h9H,3-8H2,1-2H3. The van der Waals surface area contributed by atoms with Crippen molar-refractivity contribution >= 4 is 22.6 Å². The van der Waals surface area contributed by atoms with E-state index in [2.05, 4.69) is 36.4 Å². The van der Waals surface area contributed by atoms with Crippen molar-refractivity contribution in [3.8, 4) is 0 Å². The zero-order valence-corrected chi connectivity index (χ0v) is 11.2. The Morgan fingerprint density at radius 3 is 2.64 bits per heavy atom. The van der Waals surface area contributed by atoms with E-state index in [0.29, 0.717) is 6.10 Å². The lowest BCUT2D eigenvalue weighted by molar-refractivity contribution is -0.180.